The van der Waals surface area contributed by atoms with Gasteiger partial charge in [0.1, 0.15) is 5.82 Å². The van der Waals surface area contributed by atoms with Crippen LogP contribution in [-0.4, -0.2) is 23.1 Å². The minimum Gasteiger partial charge on any atom is -0.382 e. The zero-order chi connectivity index (χ0) is 16.2. The van der Waals surface area contributed by atoms with Crippen LogP contribution in [0.5, 0.6) is 0 Å². The zero-order valence-electron chi connectivity index (χ0n) is 13.9. The van der Waals surface area contributed by atoms with Crippen molar-refractivity contribution in [2.45, 2.75) is 20.8 Å². The standard InChI is InChI=1S/C19H22N4/c1-13-6-4-8-16-18(13)22-12-14(2)19(16)21-11-10-20-17-9-5-7-15(3)23-17/h4-9,12H,10-11H2,1-3H3,(H,20,23)(H,21,22). The van der Waals surface area contributed by atoms with Crippen LogP contribution in [0.1, 0.15) is 16.8 Å². The molecule has 3 aromatic rings. The fraction of sp³-hybridized carbons (Fsp3) is 0.263. The molecule has 2 heterocycles. The molecule has 1 aromatic carbocycles. The van der Waals surface area contributed by atoms with Gasteiger partial charge in [-0.1, -0.05) is 24.3 Å². The molecule has 0 radical (unpaired) electrons. The van der Waals surface area contributed by atoms with Crippen molar-refractivity contribution < 1.29 is 0 Å². The van der Waals surface area contributed by atoms with E-state index in [4.69, 9.17) is 0 Å². The van der Waals surface area contributed by atoms with Crippen LogP contribution in [0.25, 0.3) is 10.9 Å². The molecule has 0 saturated carbocycles. The van der Waals surface area contributed by atoms with Gasteiger partial charge in [-0.3, -0.25) is 4.98 Å². The van der Waals surface area contributed by atoms with Gasteiger partial charge in [-0.15, -0.1) is 0 Å². The lowest BCUT2D eigenvalue weighted by Gasteiger charge is -2.14. The quantitative estimate of drug-likeness (QED) is 0.697. The highest BCUT2D eigenvalue weighted by molar-refractivity contribution is 5.94. The highest BCUT2D eigenvalue weighted by Crippen LogP contribution is 2.26. The van der Waals surface area contributed by atoms with E-state index >= 15 is 0 Å². The third-order valence-electron chi connectivity index (χ3n) is 3.91. The summed E-state index contributed by atoms with van der Waals surface area (Å²) in [6, 6.07) is 12.3. The zero-order valence-corrected chi connectivity index (χ0v) is 13.9. The Balaban J connectivity index is 1.70. The van der Waals surface area contributed by atoms with Gasteiger partial charge in [0.15, 0.2) is 0 Å². The van der Waals surface area contributed by atoms with E-state index in [2.05, 4.69) is 52.6 Å². The summed E-state index contributed by atoms with van der Waals surface area (Å²) in [7, 11) is 0. The van der Waals surface area contributed by atoms with Crippen molar-refractivity contribution in [1.82, 2.24) is 9.97 Å². The van der Waals surface area contributed by atoms with E-state index in [0.717, 1.165) is 41.4 Å². The maximum atomic E-state index is 4.56. The van der Waals surface area contributed by atoms with Crippen LogP contribution in [0.15, 0.2) is 42.6 Å². The first-order chi connectivity index (χ1) is 11.1. The molecule has 0 saturated heterocycles. The molecule has 0 amide bonds. The first-order valence-corrected chi connectivity index (χ1v) is 7.91. The van der Waals surface area contributed by atoms with Crippen molar-refractivity contribution in [1.29, 1.82) is 0 Å². The molecule has 4 heteroatoms. The molecule has 2 N–H and O–H groups in total. The predicted octanol–water partition coefficient (Wildman–Crippen LogP) is 4.08. The summed E-state index contributed by atoms with van der Waals surface area (Å²) < 4.78 is 0. The number of aryl methyl sites for hydroxylation is 3. The molecule has 3 rings (SSSR count). The number of pyridine rings is 2. The van der Waals surface area contributed by atoms with Gasteiger partial charge in [0, 0.05) is 36.1 Å². The number of fused-ring (bicyclic) bond motifs is 1. The van der Waals surface area contributed by atoms with E-state index in [1.807, 2.05) is 31.3 Å². The average molecular weight is 306 g/mol. The Bertz CT molecular complexity index is 827. The van der Waals surface area contributed by atoms with E-state index < -0.39 is 0 Å². The number of rotatable bonds is 5. The number of anilines is 2. The summed E-state index contributed by atoms with van der Waals surface area (Å²) in [4.78, 5) is 9.01. The van der Waals surface area contributed by atoms with Gasteiger partial charge in [-0.2, -0.15) is 0 Å². The largest absolute Gasteiger partial charge is 0.382 e. The molecule has 0 aliphatic heterocycles. The minimum absolute atomic E-state index is 0.811. The molecule has 4 nitrogen and oxygen atoms in total. The normalized spacial score (nSPS) is 10.7. The summed E-state index contributed by atoms with van der Waals surface area (Å²) in [5.74, 6) is 0.916. The van der Waals surface area contributed by atoms with Crippen LogP contribution in [-0.2, 0) is 0 Å². The highest BCUT2D eigenvalue weighted by atomic mass is 15.0. The first-order valence-electron chi connectivity index (χ1n) is 7.91. The van der Waals surface area contributed by atoms with E-state index in [1.54, 1.807) is 0 Å². The van der Waals surface area contributed by atoms with Gasteiger partial charge in [0.25, 0.3) is 0 Å². The van der Waals surface area contributed by atoms with E-state index in [-0.39, 0.29) is 0 Å². The molecular formula is C19H22N4. The van der Waals surface area contributed by atoms with E-state index in [9.17, 15) is 0 Å². The molecular weight excluding hydrogens is 284 g/mol. The SMILES string of the molecule is Cc1cccc(NCCNc2c(C)cnc3c(C)cccc23)n1. The molecule has 0 fully saturated rings. The lowest BCUT2D eigenvalue weighted by atomic mass is 10.1. The Labute approximate surface area is 137 Å². The second-order valence-corrected chi connectivity index (χ2v) is 5.81. The van der Waals surface area contributed by atoms with E-state index in [1.165, 1.54) is 10.9 Å². The molecule has 0 aliphatic carbocycles. The van der Waals surface area contributed by atoms with Crippen molar-refractivity contribution in [2.75, 3.05) is 23.7 Å². The van der Waals surface area contributed by atoms with Crippen LogP contribution in [0.4, 0.5) is 11.5 Å². The van der Waals surface area contributed by atoms with Crippen molar-refractivity contribution >= 4 is 22.4 Å². The third-order valence-corrected chi connectivity index (χ3v) is 3.91. The van der Waals surface area contributed by atoms with Gasteiger partial charge in [0.2, 0.25) is 0 Å². The molecule has 23 heavy (non-hydrogen) atoms. The lowest BCUT2D eigenvalue weighted by molar-refractivity contribution is 1.05. The number of aromatic nitrogens is 2. The predicted molar refractivity (Wildman–Crippen MR) is 97.2 cm³/mol. The minimum atomic E-state index is 0.811. The van der Waals surface area contributed by atoms with Gasteiger partial charge in [-0.05, 0) is 44.0 Å². The topological polar surface area (TPSA) is 49.8 Å². The second kappa shape index (κ2) is 6.65. The number of benzene rings is 1. The first kappa shape index (κ1) is 15.3. The van der Waals surface area contributed by atoms with Crippen LogP contribution in [0.2, 0.25) is 0 Å². The van der Waals surface area contributed by atoms with Crippen molar-refractivity contribution in [3.05, 3.63) is 59.4 Å². The van der Waals surface area contributed by atoms with Gasteiger partial charge in [-0.25, -0.2) is 4.98 Å². The summed E-state index contributed by atoms with van der Waals surface area (Å²) in [5, 5.41) is 8.06. The Kier molecular flexibility index (Phi) is 4.42. The average Bonchev–Trinajstić information content (AvgIpc) is 2.53. The second-order valence-electron chi connectivity index (χ2n) is 5.81. The number of para-hydroxylation sites is 1. The fourth-order valence-corrected chi connectivity index (χ4v) is 2.72. The number of nitrogens with zero attached hydrogens (tertiary/aromatic N) is 2. The maximum Gasteiger partial charge on any atom is 0.126 e. The van der Waals surface area contributed by atoms with Crippen molar-refractivity contribution in [2.24, 2.45) is 0 Å². The van der Waals surface area contributed by atoms with Crippen LogP contribution < -0.4 is 10.6 Å². The Morgan fingerprint density at radius 3 is 2.48 bits per heavy atom. The molecule has 0 atom stereocenters. The third kappa shape index (κ3) is 3.42. The van der Waals surface area contributed by atoms with Crippen molar-refractivity contribution in [3.8, 4) is 0 Å². The monoisotopic (exact) mass is 306 g/mol. The van der Waals surface area contributed by atoms with Crippen LogP contribution in [0, 0.1) is 20.8 Å². The Morgan fingerprint density at radius 2 is 1.65 bits per heavy atom. The summed E-state index contributed by atoms with van der Waals surface area (Å²) in [6.07, 6.45) is 1.94. The number of hydrogen-bond donors (Lipinski definition) is 2. The smallest absolute Gasteiger partial charge is 0.126 e. The Hall–Kier alpha value is -2.62. The summed E-state index contributed by atoms with van der Waals surface area (Å²) in [6.45, 7) is 7.82. The van der Waals surface area contributed by atoms with E-state index in [0.29, 0.717) is 0 Å². The molecule has 118 valence electrons. The molecule has 2 aromatic heterocycles. The summed E-state index contributed by atoms with van der Waals surface area (Å²) in [5.41, 5.74) is 5.62. The molecule has 0 aliphatic rings. The molecule has 0 spiro atoms. The lowest BCUT2D eigenvalue weighted by Crippen LogP contribution is -2.15. The Morgan fingerprint density at radius 1 is 0.870 bits per heavy atom. The van der Waals surface area contributed by atoms with Crippen LogP contribution in [0.3, 0.4) is 0 Å². The van der Waals surface area contributed by atoms with Gasteiger partial charge >= 0.3 is 0 Å². The molecule has 0 bridgehead atoms. The fourth-order valence-electron chi connectivity index (χ4n) is 2.72. The van der Waals surface area contributed by atoms with Crippen molar-refractivity contribution in [3.63, 3.8) is 0 Å². The maximum absolute atomic E-state index is 4.56. The van der Waals surface area contributed by atoms with Gasteiger partial charge < -0.3 is 10.6 Å². The van der Waals surface area contributed by atoms with Crippen LogP contribution >= 0.6 is 0 Å². The summed E-state index contributed by atoms with van der Waals surface area (Å²) >= 11 is 0. The number of hydrogen-bond acceptors (Lipinski definition) is 4. The highest BCUT2D eigenvalue weighted by Gasteiger charge is 2.07. The molecule has 0 unspecified atom stereocenters. The van der Waals surface area contributed by atoms with Gasteiger partial charge in [0.05, 0.1) is 5.52 Å². The number of nitrogens with one attached hydrogen (secondary N) is 2.